The second-order valence-electron chi connectivity index (χ2n) is 7.91. The third kappa shape index (κ3) is 5.54. The summed E-state index contributed by atoms with van der Waals surface area (Å²) in [5.41, 5.74) is 4.70. The summed E-state index contributed by atoms with van der Waals surface area (Å²) in [7, 11) is 0. The third-order valence-corrected chi connectivity index (χ3v) is 5.32. The molecule has 0 aliphatic carbocycles. The van der Waals surface area contributed by atoms with Gasteiger partial charge in [-0.2, -0.15) is 5.10 Å². The van der Waals surface area contributed by atoms with Crippen LogP contribution in [0, 0.1) is 0 Å². The molecular formula is C26H30ClN5. The van der Waals surface area contributed by atoms with E-state index in [4.69, 9.17) is 0 Å². The molecule has 0 aliphatic heterocycles. The molecule has 0 unspecified atom stereocenters. The van der Waals surface area contributed by atoms with Gasteiger partial charge in [0.1, 0.15) is 12.1 Å². The van der Waals surface area contributed by atoms with Crippen LogP contribution in [0.1, 0.15) is 50.3 Å². The van der Waals surface area contributed by atoms with E-state index >= 15 is 0 Å². The Morgan fingerprint density at radius 2 is 1.59 bits per heavy atom. The second-order valence-corrected chi connectivity index (χ2v) is 7.91. The van der Waals surface area contributed by atoms with Crippen LogP contribution in [0.15, 0.2) is 79.3 Å². The van der Waals surface area contributed by atoms with Crippen molar-refractivity contribution in [3.63, 3.8) is 0 Å². The number of aromatic nitrogens is 4. The molecule has 166 valence electrons. The molecule has 0 amide bonds. The Bertz CT molecular complexity index is 1100. The Morgan fingerprint density at radius 1 is 0.938 bits per heavy atom. The molecule has 2 aromatic heterocycles. The maximum absolute atomic E-state index is 4.46. The van der Waals surface area contributed by atoms with Crippen molar-refractivity contribution in [1.82, 2.24) is 19.7 Å². The lowest BCUT2D eigenvalue weighted by Crippen LogP contribution is -2.06. The van der Waals surface area contributed by atoms with Crippen LogP contribution in [-0.4, -0.2) is 26.3 Å². The molecule has 0 radical (unpaired) electrons. The third-order valence-electron chi connectivity index (χ3n) is 5.32. The van der Waals surface area contributed by atoms with Crippen LogP contribution < -0.4 is 5.32 Å². The molecular weight excluding hydrogens is 418 g/mol. The highest BCUT2D eigenvalue weighted by Gasteiger charge is 2.11. The summed E-state index contributed by atoms with van der Waals surface area (Å²) in [5.74, 6) is 0.863. The van der Waals surface area contributed by atoms with Gasteiger partial charge in [0.05, 0.1) is 11.6 Å². The van der Waals surface area contributed by atoms with Gasteiger partial charge < -0.3 is 5.32 Å². The molecule has 5 nitrogen and oxygen atoms in total. The molecule has 0 saturated carbocycles. The van der Waals surface area contributed by atoms with Crippen LogP contribution in [0.2, 0.25) is 0 Å². The minimum Gasteiger partial charge on any atom is -0.369 e. The van der Waals surface area contributed by atoms with Gasteiger partial charge in [-0.15, -0.1) is 12.4 Å². The van der Waals surface area contributed by atoms with Gasteiger partial charge in [-0.1, -0.05) is 66.7 Å². The molecule has 2 heterocycles. The van der Waals surface area contributed by atoms with E-state index in [9.17, 15) is 0 Å². The molecule has 0 atom stereocenters. The van der Waals surface area contributed by atoms with E-state index < -0.39 is 0 Å². The van der Waals surface area contributed by atoms with E-state index in [0.717, 1.165) is 42.7 Å². The summed E-state index contributed by atoms with van der Waals surface area (Å²) in [6, 6.07) is 21.5. The molecule has 4 aromatic rings. The fourth-order valence-electron chi connectivity index (χ4n) is 3.74. The average molecular weight is 448 g/mol. The number of nitrogens with zero attached hydrogens (tertiary/aromatic N) is 4. The number of hydrogen-bond acceptors (Lipinski definition) is 4. The number of anilines is 1. The first-order chi connectivity index (χ1) is 15.2. The smallest absolute Gasteiger partial charge is 0.163 e. The Balaban J connectivity index is 0.00000289. The molecule has 0 fully saturated rings. The Hall–Kier alpha value is -3.18. The van der Waals surface area contributed by atoms with E-state index in [0.29, 0.717) is 0 Å². The van der Waals surface area contributed by atoms with Crippen molar-refractivity contribution >= 4 is 34.8 Å². The number of rotatable bonds is 9. The molecule has 0 saturated heterocycles. The summed E-state index contributed by atoms with van der Waals surface area (Å²) in [4.78, 5) is 8.82. The van der Waals surface area contributed by atoms with Crippen molar-refractivity contribution in [1.29, 1.82) is 0 Å². The van der Waals surface area contributed by atoms with Crippen LogP contribution in [0.3, 0.4) is 0 Å². The van der Waals surface area contributed by atoms with Gasteiger partial charge in [0, 0.05) is 12.6 Å². The highest BCUT2D eigenvalue weighted by Crippen LogP contribution is 2.24. The monoisotopic (exact) mass is 447 g/mol. The predicted octanol–water partition coefficient (Wildman–Crippen LogP) is 6.54. The zero-order valence-electron chi connectivity index (χ0n) is 18.6. The van der Waals surface area contributed by atoms with Crippen LogP contribution in [0.4, 0.5) is 5.82 Å². The van der Waals surface area contributed by atoms with Crippen molar-refractivity contribution in [3.05, 3.63) is 90.4 Å². The van der Waals surface area contributed by atoms with Gasteiger partial charge in [0.2, 0.25) is 0 Å². The first-order valence-electron chi connectivity index (χ1n) is 11.0. The molecule has 4 rings (SSSR count). The lowest BCUT2D eigenvalue weighted by Gasteiger charge is -2.10. The minimum atomic E-state index is 0. The highest BCUT2D eigenvalue weighted by atomic mass is 35.5. The van der Waals surface area contributed by atoms with Gasteiger partial charge in [-0.25, -0.2) is 14.6 Å². The highest BCUT2D eigenvalue weighted by molar-refractivity contribution is 5.86. The van der Waals surface area contributed by atoms with Gasteiger partial charge in [0.25, 0.3) is 0 Å². The SMILES string of the molecule is CC(C)n1ncc2c(NCCCCC=C(c3ccccc3)c3ccccc3)ncnc21.Cl. The second kappa shape index (κ2) is 11.4. The van der Waals surface area contributed by atoms with Crippen molar-refractivity contribution in [2.75, 3.05) is 11.9 Å². The summed E-state index contributed by atoms with van der Waals surface area (Å²) >= 11 is 0. The number of allylic oxidation sites excluding steroid dienone is 1. The summed E-state index contributed by atoms with van der Waals surface area (Å²) in [6.07, 6.45) is 9.03. The quantitative estimate of drug-likeness (QED) is 0.296. The van der Waals surface area contributed by atoms with Crippen molar-refractivity contribution in [2.24, 2.45) is 0 Å². The topological polar surface area (TPSA) is 55.6 Å². The molecule has 0 bridgehead atoms. The maximum Gasteiger partial charge on any atom is 0.163 e. The maximum atomic E-state index is 4.46. The number of halogens is 1. The molecule has 0 aliphatic rings. The van der Waals surface area contributed by atoms with E-state index in [2.05, 4.69) is 101 Å². The first kappa shape index (κ1) is 23.5. The fraction of sp³-hybridized carbons (Fsp3) is 0.269. The molecule has 6 heteroatoms. The van der Waals surface area contributed by atoms with Gasteiger partial charge in [-0.3, -0.25) is 0 Å². The molecule has 1 N–H and O–H groups in total. The van der Waals surface area contributed by atoms with E-state index in [1.807, 2.05) is 10.9 Å². The predicted molar refractivity (Wildman–Crippen MR) is 135 cm³/mol. The zero-order valence-corrected chi connectivity index (χ0v) is 19.4. The van der Waals surface area contributed by atoms with Crippen LogP contribution in [0.5, 0.6) is 0 Å². The summed E-state index contributed by atoms with van der Waals surface area (Å²) in [5, 5.41) is 8.90. The fourth-order valence-corrected chi connectivity index (χ4v) is 3.74. The average Bonchev–Trinajstić information content (AvgIpc) is 3.25. The number of unbranched alkanes of at least 4 members (excludes halogenated alkanes) is 2. The Kier molecular flexibility index (Phi) is 8.40. The first-order valence-corrected chi connectivity index (χ1v) is 11.0. The van der Waals surface area contributed by atoms with E-state index in [1.165, 1.54) is 16.7 Å². The Labute approximate surface area is 196 Å². The lowest BCUT2D eigenvalue weighted by atomic mass is 9.96. The van der Waals surface area contributed by atoms with E-state index in [-0.39, 0.29) is 18.4 Å². The molecule has 0 spiro atoms. The molecule has 32 heavy (non-hydrogen) atoms. The van der Waals surface area contributed by atoms with Gasteiger partial charge >= 0.3 is 0 Å². The number of hydrogen-bond donors (Lipinski definition) is 1. The van der Waals surface area contributed by atoms with Crippen molar-refractivity contribution < 1.29 is 0 Å². The summed E-state index contributed by atoms with van der Waals surface area (Å²) in [6.45, 7) is 5.08. The summed E-state index contributed by atoms with van der Waals surface area (Å²) < 4.78 is 1.93. The number of nitrogens with one attached hydrogen (secondary N) is 1. The zero-order chi connectivity index (χ0) is 21.5. The number of fused-ring (bicyclic) bond motifs is 1. The number of benzene rings is 2. The van der Waals surface area contributed by atoms with E-state index in [1.54, 1.807) is 6.33 Å². The van der Waals surface area contributed by atoms with Crippen molar-refractivity contribution in [2.45, 2.75) is 39.2 Å². The van der Waals surface area contributed by atoms with Crippen molar-refractivity contribution in [3.8, 4) is 0 Å². The van der Waals surface area contributed by atoms with Crippen LogP contribution >= 0.6 is 12.4 Å². The molecule has 2 aromatic carbocycles. The van der Waals surface area contributed by atoms with Gasteiger partial charge in [0.15, 0.2) is 5.65 Å². The van der Waals surface area contributed by atoms with Crippen LogP contribution in [-0.2, 0) is 0 Å². The Morgan fingerprint density at radius 3 is 2.22 bits per heavy atom. The normalized spacial score (nSPS) is 10.7. The largest absolute Gasteiger partial charge is 0.369 e. The van der Waals surface area contributed by atoms with Crippen LogP contribution in [0.25, 0.3) is 16.6 Å². The standard InChI is InChI=1S/C26H29N5.ClH/c1-20(2)31-26-24(18-30-31)25(28-19-29-26)27-17-11-5-10-16-23(21-12-6-3-7-13-21)22-14-8-4-9-15-22;/h3-4,6-9,12-16,18-20H,5,10-11,17H2,1-2H3,(H,27,28,29);1H. The van der Waals surface area contributed by atoms with Gasteiger partial charge in [-0.05, 0) is 49.8 Å². The minimum absolute atomic E-state index is 0. The lowest BCUT2D eigenvalue weighted by molar-refractivity contribution is 0.546.